The Kier molecular flexibility index (Phi) is 7.00. The quantitative estimate of drug-likeness (QED) is 0.214. The molecule has 9 nitrogen and oxygen atoms in total. The lowest BCUT2D eigenvalue weighted by molar-refractivity contribution is -0.138. The normalized spacial score (nSPS) is 15.2. The van der Waals surface area contributed by atoms with E-state index in [1.165, 1.54) is 59.2 Å². The van der Waals surface area contributed by atoms with Crippen LogP contribution in [0, 0.1) is 17.1 Å². The van der Waals surface area contributed by atoms with Gasteiger partial charge in [-0.05, 0) is 42.3 Å². The van der Waals surface area contributed by atoms with Gasteiger partial charge in [0.05, 0.1) is 46.0 Å². The standard InChI is InChI=1S/C28H21F4N5O4/c29-21-9-3-6-16(13-33)23(21)35-12-11-18(15-35)37-22-10-4-7-19(25(38)41-26(34)39)24(22)36(27(37)40)14-17-5-1-2-8-20(17)28(30,31)32/h1-10,18H,11-12,14-15H2,(H2,34,39)/t18-/m1/s1. The molecule has 0 unspecified atom stereocenters. The van der Waals surface area contributed by atoms with Gasteiger partial charge >= 0.3 is 23.9 Å². The molecule has 0 bridgehead atoms. The molecule has 41 heavy (non-hydrogen) atoms. The number of aromatic nitrogens is 2. The summed E-state index contributed by atoms with van der Waals surface area (Å²) in [7, 11) is 0. The molecule has 3 aromatic carbocycles. The number of ether oxygens (including phenoxy) is 1. The lowest BCUT2D eigenvalue weighted by atomic mass is 10.1. The van der Waals surface area contributed by atoms with E-state index in [-0.39, 0.29) is 46.5 Å². The molecule has 1 amide bonds. The van der Waals surface area contributed by atoms with Crippen molar-refractivity contribution in [1.29, 1.82) is 5.26 Å². The van der Waals surface area contributed by atoms with Crippen molar-refractivity contribution in [3.63, 3.8) is 0 Å². The topological polar surface area (TPSA) is 123 Å². The highest BCUT2D eigenvalue weighted by Gasteiger charge is 2.35. The zero-order valence-electron chi connectivity index (χ0n) is 21.2. The van der Waals surface area contributed by atoms with Crippen molar-refractivity contribution in [2.75, 3.05) is 18.0 Å². The molecule has 1 fully saturated rings. The third-order valence-corrected chi connectivity index (χ3v) is 7.00. The number of nitriles is 1. The van der Waals surface area contributed by atoms with Crippen LogP contribution in [0.1, 0.15) is 39.5 Å². The van der Waals surface area contributed by atoms with Crippen molar-refractivity contribution in [3.05, 3.63) is 99.2 Å². The first kappa shape index (κ1) is 27.4. The van der Waals surface area contributed by atoms with Crippen molar-refractivity contribution in [1.82, 2.24) is 9.13 Å². The van der Waals surface area contributed by atoms with E-state index >= 15 is 0 Å². The van der Waals surface area contributed by atoms with E-state index in [1.54, 1.807) is 4.90 Å². The van der Waals surface area contributed by atoms with Crippen LogP contribution < -0.4 is 16.3 Å². The molecule has 1 saturated heterocycles. The Bertz CT molecular complexity index is 1790. The van der Waals surface area contributed by atoms with Gasteiger partial charge in [-0.1, -0.05) is 30.3 Å². The summed E-state index contributed by atoms with van der Waals surface area (Å²) in [4.78, 5) is 39.6. The molecule has 0 radical (unpaired) electrons. The summed E-state index contributed by atoms with van der Waals surface area (Å²) >= 11 is 0. The minimum Gasteiger partial charge on any atom is -0.373 e. The number of nitrogens with zero attached hydrogens (tertiary/aromatic N) is 4. The fourth-order valence-electron chi connectivity index (χ4n) is 5.34. The van der Waals surface area contributed by atoms with Gasteiger partial charge < -0.3 is 15.4 Å². The van der Waals surface area contributed by atoms with Crippen molar-refractivity contribution >= 4 is 28.8 Å². The summed E-state index contributed by atoms with van der Waals surface area (Å²) in [5.74, 6) is -1.80. The number of primary amides is 1. The van der Waals surface area contributed by atoms with E-state index in [9.17, 15) is 37.2 Å². The third-order valence-electron chi connectivity index (χ3n) is 7.00. The van der Waals surface area contributed by atoms with Crippen LogP contribution in [0.3, 0.4) is 0 Å². The zero-order chi connectivity index (χ0) is 29.5. The molecule has 4 aromatic rings. The summed E-state index contributed by atoms with van der Waals surface area (Å²) in [5, 5.41) is 9.48. The number of benzene rings is 3. The van der Waals surface area contributed by atoms with E-state index < -0.39 is 47.9 Å². The van der Waals surface area contributed by atoms with Crippen molar-refractivity contribution in [2.45, 2.75) is 25.2 Å². The monoisotopic (exact) mass is 567 g/mol. The summed E-state index contributed by atoms with van der Waals surface area (Å²) < 4.78 is 63.0. The Hall–Kier alpha value is -5.12. The highest BCUT2D eigenvalue weighted by Crippen LogP contribution is 2.35. The van der Waals surface area contributed by atoms with Gasteiger partial charge in [0.1, 0.15) is 11.9 Å². The molecule has 2 N–H and O–H groups in total. The number of nitrogens with two attached hydrogens (primary N) is 1. The number of hydrogen-bond acceptors (Lipinski definition) is 6. The molecule has 5 rings (SSSR count). The molecule has 1 atom stereocenters. The lowest BCUT2D eigenvalue weighted by Gasteiger charge is -2.21. The van der Waals surface area contributed by atoms with Crippen molar-refractivity contribution < 1.29 is 31.9 Å². The van der Waals surface area contributed by atoms with Crippen molar-refractivity contribution in [2.24, 2.45) is 5.73 Å². The minimum atomic E-state index is -4.71. The molecule has 1 aliphatic heterocycles. The average Bonchev–Trinajstić information content (AvgIpc) is 3.50. The fraction of sp³-hybridized carbons (Fsp3) is 0.214. The molecule has 0 saturated carbocycles. The van der Waals surface area contributed by atoms with Gasteiger partial charge in [-0.25, -0.2) is 18.8 Å². The van der Waals surface area contributed by atoms with Crippen LogP contribution in [0.2, 0.25) is 0 Å². The van der Waals surface area contributed by atoms with E-state index in [1.807, 2.05) is 6.07 Å². The summed E-state index contributed by atoms with van der Waals surface area (Å²) in [6.07, 6.45) is -5.78. The first-order valence-electron chi connectivity index (χ1n) is 12.3. The Labute approximate surface area is 229 Å². The van der Waals surface area contributed by atoms with E-state index in [2.05, 4.69) is 4.74 Å². The zero-order valence-corrected chi connectivity index (χ0v) is 21.2. The number of hydrogen-bond donors (Lipinski definition) is 1. The smallest absolute Gasteiger partial charge is 0.373 e. The fourth-order valence-corrected chi connectivity index (χ4v) is 5.34. The van der Waals surface area contributed by atoms with Crippen LogP contribution in [-0.2, 0) is 17.5 Å². The van der Waals surface area contributed by atoms with Gasteiger partial charge in [0.25, 0.3) is 0 Å². The van der Waals surface area contributed by atoms with Crippen LogP contribution in [0.4, 0.5) is 28.0 Å². The van der Waals surface area contributed by atoms with Gasteiger partial charge in [-0.3, -0.25) is 9.13 Å². The third kappa shape index (κ3) is 5.00. The van der Waals surface area contributed by atoms with E-state index in [0.717, 1.165) is 10.6 Å². The summed E-state index contributed by atoms with van der Waals surface area (Å²) in [6, 6.07) is 14.4. The summed E-state index contributed by atoms with van der Waals surface area (Å²) in [6.45, 7) is -0.176. The maximum Gasteiger partial charge on any atom is 0.416 e. The molecule has 0 aliphatic carbocycles. The van der Waals surface area contributed by atoms with E-state index in [4.69, 9.17) is 5.73 Å². The number of para-hydroxylation sites is 2. The molecular formula is C28H21F4N5O4. The molecule has 1 aliphatic rings. The lowest BCUT2D eigenvalue weighted by Crippen LogP contribution is -2.30. The molecular weight excluding hydrogens is 546 g/mol. The second-order valence-electron chi connectivity index (χ2n) is 9.41. The molecule has 0 spiro atoms. The second kappa shape index (κ2) is 10.5. The average molecular weight is 567 g/mol. The van der Waals surface area contributed by atoms with Crippen LogP contribution >= 0.6 is 0 Å². The minimum absolute atomic E-state index is 0.0530. The highest BCUT2D eigenvalue weighted by molar-refractivity contribution is 6.05. The van der Waals surface area contributed by atoms with Crippen LogP contribution in [0.5, 0.6) is 0 Å². The predicted molar refractivity (Wildman–Crippen MR) is 139 cm³/mol. The van der Waals surface area contributed by atoms with Gasteiger partial charge in [-0.2, -0.15) is 18.4 Å². The maximum absolute atomic E-state index is 14.7. The maximum atomic E-state index is 14.7. The van der Waals surface area contributed by atoms with Gasteiger partial charge in [0, 0.05) is 13.1 Å². The first-order chi connectivity index (χ1) is 19.5. The Morgan fingerprint density at radius 1 is 1.07 bits per heavy atom. The van der Waals surface area contributed by atoms with Gasteiger partial charge in [-0.15, -0.1) is 0 Å². The number of esters is 1. The molecule has 1 aromatic heterocycles. The SMILES string of the molecule is N#Cc1cccc(F)c1N1CC[C@@H](n2c(=O)n(Cc3ccccc3C(F)(F)F)c3c(C(=O)OC(N)=O)cccc32)C1. The first-order valence-corrected chi connectivity index (χ1v) is 12.3. The number of halogens is 4. The molecule has 13 heteroatoms. The largest absolute Gasteiger partial charge is 0.416 e. The molecule has 210 valence electrons. The Morgan fingerprint density at radius 2 is 1.80 bits per heavy atom. The number of amides is 1. The van der Waals surface area contributed by atoms with Crippen LogP contribution in [0.15, 0.2) is 65.5 Å². The Morgan fingerprint density at radius 3 is 2.51 bits per heavy atom. The second-order valence-corrected chi connectivity index (χ2v) is 9.41. The van der Waals surface area contributed by atoms with Gasteiger partial charge in [0.2, 0.25) is 0 Å². The number of alkyl halides is 3. The highest BCUT2D eigenvalue weighted by atomic mass is 19.4. The number of rotatable bonds is 5. The number of imidazole rings is 1. The van der Waals surface area contributed by atoms with Crippen LogP contribution in [0.25, 0.3) is 11.0 Å². The number of carbonyl (C=O) groups is 2. The van der Waals surface area contributed by atoms with E-state index in [0.29, 0.717) is 6.42 Å². The predicted octanol–water partition coefficient (Wildman–Crippen LogP) is 4.57. The van der Waals surface area contributed by atoms with Gasteiger partial charge in [0.15, 0.2) is 0 Å². The number of fused-ring (bicyclic) bond motifs is 1. The number of anilines is 1. The van der Waals surface area contributed by atoms with Crippen molar-refractivity contribution in [3.8, 4) is 6.07 Å². The molecule has 2 heterocycles. The Balaban J connectivity index is 1.67. The van der Waals surface area contributed by atoms with Crippen LogP contribution in [-0.4, -0.2) is 34.3 Å². The number of carbonyl (C=O) groups excluding carboxylic acids is 2. The summed E-state index contributed by atoms with van der Waals surface area (Å²) in [5.41, 5.74) is 3.18.